The van der Waals surface area contributed by atoms with Gasteiger partial charge in [0, 0.05) is 10.7 Å². The summed E-state index contributed by atoms with van der Waals surface area (Å²) >= 11 is 5.75. The predicted octanol–water partition coefficient (Wildman–Crippen LogP) is 2.58. The molecule has 108 valence electrons. The maximum absolute atomic E-state index is 12.3. The van der Waals surface area contributed by atoms with E-state index in [1.165, 1.54) is 18.2 Å². The molecule has 0 amide bonds. The Morgan fingerprint density at radius 3 is 2.52 bits per heavy atom. The first-order valence-corrected chi connectivity index (χ1v) is 7.71. The predicted molar refractivity (Wildman–Crippen MR) is 79.1 cm³/mol. The molecule has 0 aliphatic rings. The van der Waals surface area contributed by atoms with Crippen molar-refractivity contribution in [1.82, 2.24) is 4.98 Å². The molecule has 2 N–H and O–H groups in total. The van der Waals surface area contributed by atoms with Crippen molar-refractivity contribution in [1.29, 1.82) is 0 Å². The number of H-pyrrole nitrogens is 1. The summed E-state index contributed by atoms with van der Waals surface area (Å²) < 4.78 is 31.8. The SMILES string of the molecule is O=c1[nH]c2cc(S(=O)(=O)Nc3ccc(Cl)cc3)ccc2o1. The fourth-order valence-electron chi connectivity index (χ4n) is 1.83. The maximum Gasteiger partial charge on any atom is 0.417 e. The van der Waals surface area contributed by atoms with Crippen LogP contribution in [0.15, 0.2) is 56.6 Å². The molecule has 0 saturated carbocycles. The fourth-order valence-corrected chi connectivity index (χ4v) is 3.04. The summed E-state index contributed by atoms with van der Waals surface area (Å²) in [5, 5.41) is 0.510. The van der Waals surface area contributed by atoms with Gasteiger partial charge in [-0.3, -0.25) is 9.71 Å². The minimum absolute atomic E-state index is 0.0157. The van der Waals surface area contributed by atoms with Crippen molar-refractivity contribution in [3.63, 3.8) is 0 Å². The molecule has 2 aromatic carbocycles. The molecule has 0 bridgehead atoms. The van der Waals surface area contributed by atoms with E-state index in [0.717, 1.165) is 0 Å². The fraction of sp³-hybridized carbons (Fsp3) is 0. The standard InChI is InChI=1S/C13H9ClN2O4S/c14-8-1-3-9(4-2-8)16-21(18,19)10-5-6-12-11(7-10)15-13(17)20-12/h1-7,16H,(H,15,17). The van der Waals surface area contributed by atoms with Crippen molar-refractivity contribution >= 4 is 38.4 Å². The molecule has 21 heavy (non-hydrogen) atoms. The Hall–Kier alpha value is -2.25. The van der Waals surface area contributed by atoms with E-state index in [2.05, 4.69) is 9.71 Å². The minimum atomic E-state index is -3.77. The van der Waals surface area contributed by atoms with Crippen molar-refractivity contribution in [2.75, 3.05) is 4.72 Å². The lowest BCUT2D eigenvalue weighted by Gasteiger charge is -2.07. The molecule has 0 unspecified atom stereocenters. The third-order valence-electron chi connectivity index (χ3n) is 2.80. The Labute approximate surface area is 124 Å². The van der Waals surface area contributed by atoms with Crippen LogP contribution in [0.4, 0.5) is 5.69 Å². The van der Waals surface area contributed by atoms with E-state index in [0.29, 0.717) is 21.8 Å². The minimum Gasteiger partial charge on any atom is -0.408 e. The monoisotopic (exact) mass is 324 g/mol. The van der Waals surface area contributed by atoms with E-state index in [1.807, 2.05) is 0 Å². The molecule has 0 atom stereocenters. The zero-order valence-corrected chi connectivity index (χ0v) is 12.0. The van der Waals surface area contributed by atoms with Crippen LogP contribution in [0.1, 0.15) is 0 Å². The van der Waals surface area contributed by atoms with Crippen LogP contribution < -0.4 is 10.5 Å². The number of rotatable bonds is 3. The summed E-state index contributed by atoms with van der Waals surface area (Å²) in [6.45, 7) is 0. The molecule has 0 radical (unpaired) electrons. The first-order valence-electron chi connectivity index (χ1n) is 5.85. The Morgan fingerprint density at radius 1 is 1.10 bits per heavy atom. The molecule has 8 heteroatoms. The van der Waals surface area contributed by atoms with Crippen molar-refractivity contribution in [3.05, 3.63) is 58.0 Å². The van der Waals surface area contributed by atoms with E-state index in [-0.39, 0.29) is 4.90 Å². The van der Waals surface area contributed by atoms with Crippen molar-refractivity contribution in [2.24, 2.45) is 0 Å². The van der Waals surface area contributed by atoms with Crippen LogP contribution in [0.25, 0.3) is 11.1 Å². The van der Waals surface area contributed by atoms with E-state index in [1.54, 1.807) is 24.3 Å². The van der Waals surface area contributed by atoms with Gasteiger partial charge in [0.05, 0.1) is 10.4 Å². The molecule has 3 aromatic rings. The largest absolute Gasteiger partial charge is 0.417 e. The van der Waals surface area contributed by atoms with Crippen LogP contribution >= 0.6 is 11.6 Å². The molecule has 1 aromatic heterocycles. The molecule has 0 aliphatic carbocycles. The first-order chi connectivity index (χ1) is 9.94. The summed E-state index contributed by atoms with van der Waals surface area (Å²) in [6, 6.07) is 10.4. The quantitative estimate of drug-likeness (QED) is 0.774. The number of hydrogen-bond donors (Lipinski definition) is 2. The number of fused-ring (bicyclic) bond motifs is 1. The Kier molecular flexibility index (Phi) is 3.23. The molecule has 0 fully saturated rings. The van der Waals surface area contributed by atoms with Gasteiger partial charge in [-0.25, -0.2) is 13.2 Å². The molecule has 1 heterocycles. The van der Waals surface area contributed by atoms with Gasteiger partial charge in [-0.2, -0.15) is 0 Å². The lowest BCUT2D eigenvalue weighted by atomic mass is 10.3. The molecule has 0 saturated heterocycles. The zero-order valence-electron chi connectivity index (χ0n) is 10.5. The summed E-state index contributed by atoms with van der Waals surface area (Å²) in [7, 11) is -3.77. The third-order valence-corrected chi connectivity index (χ3v) is 4.43. The Bertz CT molecular complexity index is 958. The van der Waals surface area contributed by atoms with Gasteiger partial charge in [0.2, 0.25) is 0 Å². The smallest absolute Gasteiger partial charge is 0.408 e. The Balaban J connectivity index is 1.99. The molecular weight excluding hydrogens is 316 g/mol. The van der Waals surface area contributed by atoms with Gasteiger partial charge in [-0.05, 0) is 42.5 Å². The molecule has 0 aliphatic heterocycles. The number of hydrogen-bond acceptors (Lipinski definition) is 4. The van der Waals surface area contributed by atoms with Gasteiger partial charge in [-0.1, -0.05) is 11.6 Å². The number of anilines is 1. The van der Waals surface area contributed by atoms with Gasteiger partial charge in [-0.15, -0.1) is 0 Å². The average molecular weight is 325 g/mol. The van der Waals surface area contributed by atoms with Crippen LogP contribution in [0.2, 0.25) is 5.02 Å². The van der Waals surface area contributed by atoms with Crippen LogP contribution in [-0.2, 0) is 10.0 Å². The maximum atomic E-state index is 12.3. The van der Waals surface area contributed by atoms with Gasteiger partial charge < -0.3 is 4.42 Å². The highest BCUT2D eigenvalue weighted by atomic mass is 35.5. The number of halogens is 1. The van der Waals surface area contributed by atoms with Crippen LogP contribution in [0.5, 0.6) is 0 Å². The van der Waals surface area contributed by atoms with Gasteiger partial charge >= 0.3 is 5.76 Å². The lowest BCUT2D eigenvalue weighted by Crippen LogP contribution is -2.12. The van der Waals surface area contributed by atoms with Crippen molar-refractivity contribution in [2.45, 2.75) is 4.90 Å². The summed E-state index contributed by atoms with van der Waals surface area (Å²) in [5.41, 5.74) is 1.00. The van der Waals surface area contributed by atoms with E-state index in [9.17, 15) is 13.2 Å². The Morgan fingerprint density at radius 2 is 1.81 bits per heavy atom. The molecule has 3 rings (SSSR count). The normalized spacial score (nSPS) is 11.7. The number of aromatic nitrogens is 1. The van der Waals surface area contributed by atoms with Gasteiger partial charge in [0.15, 0.2) is 5.58 Å². The summed E-state index contributed by atoms with van der Waals surface area (Å²) in [6.07, 6.45) is 0. The second-order valence-electron chi connectivity index (χ2n) is 4.28. The van der Waals surface area contributed by atoms with Crippen LogP contribution in [-0.4, -0.2) is 13.4 Å². The van der Waals surface area contributed by atoms with E-state index in [4.69, 9.17) is 16.0 Å². The molecular formula is C13H9ClN2O4S. The highest BCUT2D eigenvalue weighted by Gasteiger charge is 2.16. The van der Waals surface area contributed by atoms with E-state index < -0.39 is 15.8 Å². The second kappa shape index (κ2) is 4.94. The number of benzene rings is 2. The lowest BCUT2D eigenvalue weighted by molar-refractivity contribution is 0.555. The highest BCUT2D eigenvalue weighted by Crippen LogP contribution is 2.20. The van der Waals surface area contributed by atoms with Crippen molar-refractivity contribution in [3.8, 4) is 0 Å². The van der Waals surface area contributed by atoms with E-state index >= 15 is 0 Å². The third kappa shape index (κ3) is 2.79. The van der Waals surface area contributed by atoms with Crippen LogP contribution in [0, 0.1) is 0 Å². The zero-order chi connectivity index (χ0) is 15.0. The van der Waals surface area contributed by atoms with Gasteiger partial charge in [0.1, 0.15) is 0 Å². The average Bonchev–Trinajstić information content (AvgIpc) is 2.80. The van der Waals surface area contributed by atoms with Crippen LogP contribution in [0.3, 0.4) is 0 Å². The van der Waals surface area contributed by atoms with Crippen molar-refractivity contribution < 1.29 is 12.8 Å². The number of oxazole rings is 1. The number of aromatic amines is 1. The second-order valence-corrected chi connectivity index (χ2v) is 6.40. The summed E-state index contributed by atoms with van der Waals surface area (Å²) in [4.78, 5) is 13.5. The highest BCUT2D eigenvalue weighted by molar-refractivity contribution is 7.92. The topological polar surface area (TPSA) is 92.2 Å². The molecule has 6 nitrogen and oxygen atoms in total. The van der Waals surface area contributed by atoms with Gasteiger partial charge in [0.25, 0.3) is 10.0 Å². The molecule has 0 spiro atoms. The first kappa shape index (κ1) is 13.7. The summed E-state index contributed by atoms with van der Waals surface area (Å²) in [5.74, 6) is -0.634. The number of nitrogens with one attached hydrogen (secondary N) is 2. The number of sulfonamides is 1.